The van der Waals surface area contributed by atoms with Crippen LogP contribution in [0, 0.1) is 0 Å². The molecule has 0 aromatic heterocycles. The fourth-order valence-electron chi connectivity index (χ4n) is 5.23. The monoisotopic (exact) mass is 822 g/mol. The summed E-state index contributed by atoms with van der Waals surface area (Å²) < 4.78 is 27.2. The molecule has 0 saturated heterocycles. The molecule has 0 spiro atoms. The molecule has 0 aliphatic carbocycles. The van der Waals surface area contributed by atoms with E-state index in [4.69, 9.17) is 23.7 Å². The molecule has 0 aliphatic rings. The van der Waals surface area contributed by atoms with Crippen molar-refractivity contribution in [1.29, 1.82) is 0 Å². The molecule has 0 bridgehead atoms. The van der Waals surface area contributed by atoms with Crippen molar-refractivity contribution in [2.45, 2.75) is 143 Å². The van der Waals surface area contributed by atoms with Crippen LogP contribution in [0.3, 0.4) is 0 Å². The molecule has 1 aromatic carbocycles. The lowest BCUT2D eigenvalue weighted by atomic mass is 10.1. The van der Waals surface area contributed by atoms with Crippen LogP contribution in [0.5, 0.6) is 0 Å². The zero-order valence-electron chi connectivity index (χ0n) is 36.4. The van der Waals surface area contributed by atoms with E-state index >= 15 is 0 Å². The van der Waals surface area contributed by atoms with Gasteiger partial charge >= 0.3 is 35.9 Å². The number of carbonyl (C=O) groups excluding carboxylic acids is 6. The van der Waals surface area contributed by atoms with Crippen LogP contribution in [0.1, 0.15) is 108 Å². The van der Waals surface area contributed by atoms with Crippen LogP contribution in [-0.4, -0.2) is 131 Å². The summed E-state index contributed by atoms with van der Waals surface area (Å²) >= 11 is 0. The second-order valence-electron chi connectivity index (χ2n) is 17.8. The summed E-state index contributed by atoms with van der Waals surface area (Å²) in [5.41, 5.74) is -2.84. The first-order valence-electron chi connectivity index (χ1n) is 19.3. The Bertz CT molecular complexity index is 1460. The summed E-state index contributed by atoms with van der Waals surface area (Å²) in [5, 5.41) is 14.8. The quantitative estimate of drug-likeness (QED) is 0.0908. The Morgan fingerprint density at radius 2 is 1.07 bits per heavy atom. The number of hydrogen-bond acceptors (Lipinski definition) is 14. The third-order valence-electron chi connectivity index (χ3n) is 7.25. The van der Waals surface area contributed by atoms with Gasteiger partial charge in [0.15, 0.2) is 0 Å². The maximum absolute atomic E-state index is 14.1. The number of ether oxygens (including phenoxy) is 5. The molecule has 17 heteroatoms. The lowest BCUT2D eigenvalue weighted by Gasteiger charge is -2.35. The van der Waals surface area contributed by atoms with Gasteiger partial charge in [-0.2, -0.15) is 0 Å². The van der Waals surface area contributed by atoms with Crippen LogP contribution < -0.4 is 10.6 Å². The van der Waals surface area contributed by atoms with Crippen LogP contribution in [0.4, 0.5) is 4.79 Å². The van der Waals surface area contributed by atoms with Gasteiger partial charge in [0.1, 0.15) is 41.1 Å². The average molecular weight is 823 g/mol. The number of carboxylic acids is 1. The fraction of sp³-hybridized carbons (Fsp3) is 0.683. The van der Waals surface area contributed by atoms with E-state index in [9.17, 15) is 38.7 Å². The Hall–Kier alpha value is -4.77. The second-order valence-corrected chi connectivity index (χ2v) is 17.8. The average Bonchev–Trinajstić information content (AvgIpc) is 3.01. The number of nitrogens with zero attached hydrogens (tertiary/aromatic N) is 2. The number of carbonyl (C=O) groups is 7. The van der Waals surface area contributed by atoms with Gasteiger partial charge in [0, 0.05) is 13.1 Å². The minimum Gasteiger partial charge on any atom is -0.480 e. The molecule has 1 aromatic rings. The van der Waals surface area contributed by atoms with Gasteiger partial charge in [-0.3, -0.25) is 33.8 Å². The Kier molecular flexibility index (Phi) is 20.3. The van der Waals surface area contributed by atoms with Crippen LogP contribution in [0.25, 0.3) is 0 Å². The summed E-state index contributed by atoms with van der Waals surface area (Å²) in [6.45, 7) is 17.6. The number of carboxylic acid groups (broad SMARTS) is 1. The van der Waals surface area contributed by atoms with Crippen LogP contribution in [0.15, 0.2) is 30.3 Å². The van der Waals surface area contributed by atoms with Crippen molar-refractivity contribution in [2.75, 3.05) is 39.3 Å². The van der Waals surface area contributed by atoms with E-state index in [0.717, 1.165) is 5.56 Å². The van der Waals surface area contributed by atoms with Gasteiger partial charge in [0.25, 0.3) is 0 Å². The Morgan fingerprint density at radius 3 is 1.48 bits per heavy atom. The van der Waals surface area contributed by atoms with Crippen molar-refractivity contribution in [2.24, 2.45) is 0 Å². The first-order chi connectivity index (χ1) is 26.5. The van der Waals surface area contributed by atoms with Crippen molar-refractivity contribution in [1.82, 2.24) is 20.4 Å². The first kappa shape index (κ1) is 51.2. The minimum atomic E-state index is -1.35. The number of unbranched alkanes of at least 4 members (excludes halogenated alkanes) is 1. The van der Waals surface area contributed by atoms with E-state index in [1.807, 2.05) is 6.07 Å². The Balaban J connectivity index is 3.35. The minimum absolute atomic E-state index is 0.0119. The van der Waals surface area contributed by atoms with E-state index in [-0.39, 0.29) is 39.0 Å². The number of nitrogens with one attached hydrogen (secondary N) is 2. The maximum atomic E-state index is 14.1. The predicted molar refractivity (Wildman–Crippen MR) is 213 cm³/mol. The number of alkyl carbamates (subject to hydrolysis) is 1. The molecular formula is C41H66N4O13. The number of benzene rings is 1. The SMILES string of the molecule is CC(C)(C)OC(=O)CN(CC(=O)OC(C)(C)C)CC(C(=O)NCCCC[C@@H](NC(=O)OCc1ccccc1)C(=O)O)N(CC(=O)OC(C)(C)C)CC(=O)OC(C)(C)C. The van der Waals surface area contributed by atoms with Gasteiger partial charge in [-0.05, 0) is 108 Å². The van der Waals surface area contributed by atoms with Crippen LogP contribution >= 0.6 is 0 Å². The zero-order valence-corrected chi connectivity index (χ0v) is 36.4. The first-order valence-corrected chi connectivity index (χ1v) is 19.3. The Labute approximate surface area is 342 Å². The third-order valence-corrected chi connectivity index (χ3v) is 7.25. The van der Waals surface area contributed by atoms with Gasteiger partial charge in [-0.25, -0.2) is 9.59 Å². The Morgan fingerprint density at radius 1 is 0.638 bits per heavy atom. The summed E-state index contributed by atoms with van der Waals surface area (Å²) in [4.78, 5) is 93.6. The molecular weight excluding hydrogens is 756 g/mol. The summed E-state index contributed by atoms with van der Waals surface area (Å²) in [6, 6.07) is 6.27. The van der Waals surface area contributed by atoms with Crippen molar-refractivity contribution in [3.63, 3.8) is 0 Å². The van der Waals surface area contributed by atoms with Crippen LogP contribution in [-0.2, 0) is 59.1 Å². The van der Waals surface area contributed by atoms with Crippen LogP contribution in [0.2, 0.25) is 0 Å². The molecule has 0 radical (unpaired) electrons. The topological polar surface area (TPSA) is 216 Å². The third kappa shape index (κ3) is 24.8. The molecule has 58 heavy (non-hydrogen) atoms. The zero-order chi connectivity index (χ0) is 44.5. The normalized spacial score (nSPS) is 13.2. The van der Waals surface area contributed by atoms with Crippen molar-refractivity contribution < 1.29 is 62.4 Å². The number of hydrogen-bond donors (Lipinski definition) is 3. The van der Waals surface area contributed by atoms with Gasteiger partial charge in [0.2, 0.25) is 5.91 Å². The molecule has 1 unspecified atom stereocenters. The smallest absolute Gasteiger partial charge is 0.408 e. The van der Waals surface area contributed by atoms with Gasteiger partial charge in [-0.15, -0.1) is 0 Å². The standard InChI is InChI=1S/C41H66N4O13/c1-38(2,3)55-31(46)23-44(24-32(47)56-39(4,5)6)22-30(45(25-33(48)57-40(7,8)9)26-34(49)58-41(10,11)12)35(50)42-21-17-16-20-29(36(51)52)43-37(53)54-27-28-18-14-13-15-19-28/h13-15,18-19,29-30H,16-17,20-27H2,1-12H3,(H,42,50)(H,43,53)(H,51,52)/t29-,30?/m1/s1. The fourth-order valence-corrected chi connectivity index (χ4v) is 5.23. The molecule has 0 fully saturated rings. The predicted octanol–water partition coefficient (Wildman–Crippen LogP) is 3.99. The summed E-state index contributed by atoms with van der Waals surface area (Å²) in [5.74, 6) is -4.86. The second kappa shape index (κ2) is 23.0. The lowest BCUT2D eigenvalue weighted by molar-refractivity contribution is -0.165. The van der Waals surface area contributed by atoms with Crippen molar-refractivity contribution in [3.8, 4) is 0 Å². The highest BCUT2D eigenvalue weighted by Gasteiger charge is 2.35. The number of amides is 2. The van der Waals surface area contributed by atoms with Crippen molar-refractivity contribution in [3.05, 3.63) is 35.9 Å². The van der Waals surface area contributed by atoms with E-state index in [0.29, 0.717) is 0 Å². The highest BCUT2D eigenvalue weighted by atomic mass is 16.6. The summed E-state index contributed by atoms with van der Waals surface area (Å²) in [7, 11) is 0. The molecule has 17 nitrogen and oxygen atoms in total. The number of rotatable bonds is 21. The van der Waals surface area contributed by atoms with E-state index in [1.165, 1.54) is 9.80 Å². The molecule has 0 heterocycles. The molecule has 0 aliphatic heterocycles. The molecule has 3 N–H and O–H groups in total. The lowest BCUT2D eigenvalue weighted by Crippen LogP contribution is -2.57. The van der Waals surface area contributed by atoms with Crippen molar-refractivity contribution >= 4 is 41.8 Å². The largest absolute Gasteiger partial charge is 0.480 e. The highest BCUT2D eigenvalue weighted by Crippen LogP contribution is 2.15. The van der Waals surface area contributed by atoms with E-state index in [1.54, 1.807) is 107 Å². The highest BCUT2D eigenvalue weighted by molar-refractivity contribution is 5.85. The molecule has 2 amide bonds. The van der Waals surface area contributed by atoms with Gasteiger partial charge < -0.3 is 39.4 Å². The number of esters is 4. The molecule has 0 saturated carbocycles. The summed E-state index contributed by atoms with van der Waals surface area (Å²) in [6.07, 6.45) is -0.368. The van der Waals surface area contributed by atoms with Gasteiger partial charge in [0.05, 0.1) is 26.2 Å². The number of aliphatic carboxylic acids is 1. The molecule has 2 atom stereocenters. The van der Waals surface area contributed by atoms with E-state index in [2.05, 4.69) is 10.6 Å². The maximum Gasteiger partial charge on any atom is 0.408 e. The molecule has 1 rings (SSSR count). The molecule has 328 valence electrons. The van der Waals surface area contributed by atoms with E-state index < -0.39 is 103 Å². The van der Waals surface area contributed by atoms with Gasteiger partial charge in [-0.1, -0.05) is 30.3 Å².